The van der Waals surface area contributed by atoms with Gasteiger partial charge in [-0.2, -0.15) is 0 Å². The van der Waals surface area contributed by atoms with E-state index in [4.69, 9.17) is 4.74 Å². The van der Waals surface area contributed by atoms with Crippen molar-refractivity contribution in [3.63, 3.8) is 0 Å². The monoisotopic (exact) mass is 346 g/mol. The molecular weight excluding hydrogens is 316 g/mol. The van der Waals surface area contributed by atoms with Crippen molar-refractivity contribution in [2.45, 2.75) is 44.6 Å². The number of rotatable bonds is 7. The number of aliphatic hydroxyl groups is 1. The molecule has 1 aromatic carbocycles. The standard InChI is InChI=1S/C20H30N2O3/c23-15-20(9-11-25-12-10-20)14-21-19(24)22-18(13-16-5-4-6-16)17-7-2-1-3-8-17/h1-3,7-8,16,18,23H,4-6,9-15H2,(H2,21,22,24). The van der Waals surface area contributed by atoms with Gasteiger partial charge in [0, 0.05) is 25.2 Å². The third kappa shape index (κ3) is 4.95. The Morgan fingerprint density at radius 2 is 1.96 bits per heavy atom. The van der Waals surface area contributed by atoms with Crippen molar-refractivity contribution < 1.29 is 14.6 Å². The summed E-state index contributed by atoms with van der Waals surface area (Å²) in [6.07, 6.45) is 6.40. The van der Waals surface area contributed by atoms with Crippen LogP contribution in [0.5, 0.6) is 0 Å². The van der Waals surface area contributed by atoms with Crippen LogP contribution in [0.2, 0.25) is 0 Å². The molecule has 5 heteroatoms. The Kier molecular flexibility index (Phi) is 6.32. The lowest BCUT2D eigenvalue weighted by atomic mass is 9.79. The Labute approximate surface area is 150 Å². The van der Waals surface area contributed by atoms with Crippen LogP contribution in [0.3, 0.4) is 0 Å². The van der Waals surface area contributed by atoms with Gasteiger partial charge in [-0.3, -0.25) is 0 Å². The van der Waals surface area contributed by atoms with E-state index in [1.165, 1.54) is 19.3 Å². The number of urea groups is 1. The molecule has 1 aliphatic heterocycles. The van der Waals surface area contributed by atoms with E-state index in [2.05, 4.69) is 22.8 Å². The molecule has 1 atom stereocenters. The lowest BCUT2D eigenvalue weighted by molar-refractivity contribution is -0.0139. The minimum atomic E-state index is -0.244. The lowest BCUT2D eigenvalue weighted by Crippen LogP contribution is -2.47. The van der Waals surface area contributed by atoms with Crippen molar-refractivity contribution >= 4 is 6.03 Å². The summed E-state index contributed by atoms with van der Waals surface area (Å²) in [7, 11) is 0. The second-order valence-corrected chi connectivity index (χ2v) is 7.59. The summed E-state index contributed by atoms with van der Waals surface area (Å²) in [4.78, 5) is 12.5. The SMILES string of the molecule is O=C(NCC1(CO)CCOCC1)NC(CC1CCC1)c1ccccc1. The van der Waals surface area contributed by atoms with Crippen LogP contribution in [0.25, 0.3) is 0 Å². The molecule has 5 nitrogen and oxygen atoms in total. The van der Waals surface area contributed by atoms with Crippen LogP contribution in [0, 0.1) is 11.3 Å². The molecule has 0 spiro atoms. The molecule has 0 aromatic heterocycles. The van der Waals surface area contributed by atoms with Gasteiger partial charge in [0.2, 0.25) is 0 Å². The summed E-state index contributed by atoms with van der Waals surface area (Å²) in [6, 6.07) is 10.1. The minimum Gasteiger partial charge on any atom is -0.396 e. The highest BCUT2D eigenvalue weighted by molar-refractivity contribution is 5.74. The van der Waals surface area contributed by atoms with Crippen molar-refractivity contribution in [1.29, 1.82) is 0 Å². The Balaban J connectivity index is 1.56. The molecule has 1 aliphatic carbocycles. The maximum atomic E-state index is 12.5. The number of carbonyl (C=O) groups excluding carboxylic acids is 1. The molecule has 1 heterocycles. The van der Waals surface area contributed by atoms with Gasteiger partial charge in [0.1, 0.15) is 0 Å². The number of ether oxygens (including phenoxy) is 1. The fourth-order valence-electron chi connectivity index (χ4n) is 3.70. The number of carbonyl (C=O) groups is 1. The Hall–Kier alpha value is -1.59. The van der Waals surface area contributed by atoms with Crippen molar-refractivity contribution in [2.75, 3.05) is 26.4 Å². The number of benzene rings is 1. The summed E-state index contributed by atoms with van der Waals surface area (Å²) in [5.41, 5.74) is 0.915. The van der Waals surface area contributed by atoms with Gasteiger partial charge in [-0.1, -0.05) is 49.6 Å². The highest BCUT2D eigenvalue weighted by Crippen LogP contribution is 2.34. The van der Waals surface area contributed by atoms with Crippen LogP contribution >= 0.6 is 0 Å². The quantitative estimate of drug-likeness (QED) is 0.711. The van der Waals surface area contributed by atoms with Crippen LogP contribution in [0.4, 0.5) is 4.79 Å². The number of amides is 2. The smallest absolute Gasteiger partial charge is 0.315 e. The molecular formula is C20H30N2O3. The van der Waals surface area contributed by atoms with Gasteiger partial charge in [0.25, 0.3) is 0 Å². The van der Waals surface area contributed by atoms with Gasteiger partial charge in [-0.15, -0.1) is 0 Å². The van der Waals surface area contributed by atoms with E-state index in [-0.39, 0.29) is 24.1 Å². The van der Waals surface area contributed by atoms with Gasteiger partial charge < -0.3 is 20.5 Å². The maximum absolute atomic E-state index is 12.5. The second-order valence-electron chi connectivity index (χ2n) is 7.59. The number of nitrogens with one attached hydrogen (secondary N) is 2. The van der Waals surface area contributed by atoms with E-state index in [1.807, 2.05) is 18.2 Å². The predicted molar refractivity (Wildman–Crippen MR) is 97.2 cm³/mol. The molecule has 138 valence electrons. The maximum Gasteiger partial charge on any atom is 0.315 e. The molecule has 1 saturated heterocycles. The van der Waals surface area contributed by atoms with Crippen LogP contribution in [-0.2, 0) is 4.74 Å². The van der Waals surface area contributed by atoms with Crippen molar-refractivity contribution in [3.05, 3.63) is 35.9 Å². The fourth-order valence-corrected chi connectivity index (χ4v) is 3.70. The Morgan fingerprint density at radius 3 is 2.56 bits per heavy atom. The van der Waals surface area contributed by atoms with Crippen molar-refractivity contribution in [1.82, 2.24) is 10.6 Å². The molecule has 1 aromatic rings. The lowest BCUT2D eigenvalue weighted by Gasteiger charge is -2.36. The largest absolute Gasteiger partial charge is 0.396 e. The van der Waals surface area contributed by atoms with Gasteiger partial charge in [-0.25, -0.2) is 4.79 Å². The molecule has 2 amide bonds. The molecule has 0 radical (unpaired) electrons. The van der Waals surface area contributed by atoms with E-state index >= 15 is 0 Å². The first-order valence-corrected chi connectivity index (χ1v) is 9.49. The van der Waals surface area contributed by atoms with Crippen molar-refractivity contribution in [2.24, 2.45) is 11.3 Å². The second kappa shape index (κ2) is 8.68. The summed E-state index contributed by atoms with van der Waals surface area (Å²) in [5, 5.41) is 15.9. The minimum absolute atomic E-state index is 0.0475. The zero-order chi connectivity index (χ0) is 17.5. The number of aliphatic hydroxyl groups excluding tert-OH is 1. The van der Waals surface area contributed by atoms with E-state index in [0.717, 1.165) is 24.8 Å². The van der Waals surface area contributed by atoms with E-state index < -0.39 is 0 Å². The highest BCUT2D eigenvalue weighted by Gasteiger charge is 2.32. The zero-order valence-electron chi connectivity index (χ0n) is 14.9. The molecule has 3 rings (SSSR count). The normalized spacial score (nSPS) is 21.2. The molecule has 1 saturated carbocycles. The Morgan fingerprint density at radius 1 is 1.24 bits per heavy atom. The summed E-state index contributed by atoms with van der Waals surface area (Å²) < 4.78 is 5.38. The first-order chi connectivity index (χ1) is 12.2. The fraction of sp³-hybridized carbons (Fsp3) is 0.650. The van der Waals surface area contributed by atoms with Crippen molar-refractivity contribution in [3.8, 4) is 0 Å². The highest BCUT2D eigenvalue weighted by atomic mass is 16.5. The van der Waals surface area contributed by atoms with E-state index in [1.54, 1.807) is 0 Å². The average molecular weight is 346 g/mol. The zero-order valence-corrected chi connectivity index (χ0v) is 14.9. The Bertz CT molecular complexity index is 539. The topological polar surface area (TPSA) is 70.6 Å². The van der Waals surface area contributed by atoms with Gasteiger partial charge in [-0.05, 0) is 30.7 Å². The summed E-state index contributed by atoms with van der Waals surface area (Å²) in [6.45, 7) is 1.88. The van der Waals surface area contributed by atoms with Crippen LogP contribution in [-0.4, -0.2) is 37.5 Å². The molecule has 1 unspecified atom stereocenters. The molecule has 2 fully saturated rings. The summed E-state index contributed by atoms with van der Waals surface area (Å²) >= 11 is 0. The first kappa shape index (κ1) is 18.2. The first-order valence-electron chi connectivity index (χ1n) is 9.49. The van der Waals surface area contributed by atoms with Gasteiger partial charge >= 0.3 is 6.03 Å². The van der Waals surface area contributed by atoms with E-state index in [0.29, 0.717) is 25.7 Å². The third-order valence-corrected chi connectivity index (χ3v) is 5.81. The predicted octanol–water partition coefficient (Wildman–Crippen LogP) is 3.01. The van der Waals surface area contributed by atoms with Crippen LogP contribution in [0.1, 0.15) is 50.1 Å². The molecule has 2 aliphatic rings. The molecule has 3 N–H and O–H groups in total. The number of hydrogen-bond acceptors (Lipinski definition) is 3. The average Bonchev–Trinajstić information content (AvgIpc) is 2.63. The van der Waals surface area contributed by atoms with Crippen LogP contribution < -0.4 is 10.6 Å². The van der Waals surface area contributed by atoms with Crippen LogP contribution in [0.15, 0.2) is 30.3 Å². The number of hydrogen-bond donors (Lipinski definition) is 3. The summed E-state index contributed by atoms with van der Waals surface area (Å²) in [5.74, 6) is 0.713. The molecule has 25 heavy (non-hydrogen) atoms. The van der Waals surface area contributed by atoms with Gasteiger partial charge in [0.15, 0.2) is 0 Å². The third-order valence-electron chi connectivity index (χ3n) is 5.81. The molecule has 0 bridgehead atoms. The van der Waals surface area contributed by atoms with E-state index in [9.17, 15) is 9.90 Å². The van der Waals surface area contributed by atoms with Gasteiger partial charge in [0.05, 0.1) is 12.6 Å².